The van der Waals surface area contributed by atoms with E-state index >= 15 is 0 Å². The Kier molecular flexibility index (Phi) is 8.25. The van der Waals surface area contributed by atoms with Crippen molar-refractivity contribution in [2.75, 3.05) is 32.3 Å². The Hall–Kier alpha value is -2.65. The van der Waals surface area contributed by atoms with Crippen molar-refractivity contribution in [3.05, 3.63) is 59.2 Å². The Bertz CT molecular complexity index is 903. The summed E-state index contributed by atoms with van der Waals surface area (Å²) in [5.41, 5.74) is 1.34. The molecule has 0 unspecified atom stereocenters. The van der Waals surface area contributed by atoms with Crippen LogP contribution in [0.3, 0.4) is 0 Å². The predicted octanol–water partition coefficient (Wildman–Crippen LogP) is 4.11. The van der Waals surface area contributed by atoms with Gasteiger partial charge < -0.3 is 18.9 Å². The number of thioether (sulfide) groups is 2. The number of esters is 3. The first-order valence-corrected chi connectivity index (χ1v) is 11.6. The minimum absolute atomic E-state index is 0.0126. The van der Waals surface area contributed by atoms with Crippen LogP contribution in [0.15, 0.2) is 42.5 Å². The quantitative estimate of drug-likeness (QED) is 0.445. The monoisotopic (exact) mass is 462 g/mol. The maximum absolute atomic E-state index is 12.2. The van der Waals surface area contributed by atoms with Crippen LogP contribution in [0, 0.1) is 0 Å². The minimum Gasteiger partial charge on any atom is -0.482 e. The van der Waals surface area contributed by atoms with E-state index in [1.807, 2.05) is 47.8 Å². The molecule has 1 heterocycles. The molecule has 0 aliphatic carbocycles. The van der Waals surface area contributed by atoms with Crippen LogP contribution in [-0.4, -0.2) is 50.2 Å². The molecular weight excluding hydrogens is 440 g/mol. The van der Waals surface area contributed by atoms with E-state index in [9.17, 15) is 14.4 Å². The smallest absolute Gasteiger partial charge is 0.349 e. The van der Waals surface area contributed by atoms with Crippen LogP contribution in [0.2, 0.25) is 0 Å². The Balaban J connectivity index is 1.61. The van der Waals surface area contributed by atoms with Gasteiger partial charge in [0.1, 0.15) is 11.5 Å². The van der Waals surface area contributed by atoms with Gasteiger partial charge in [-0.25, -0.2) is 14.4 Å². The van der Waals surface area contributed by atoms with Crippen LogP contribution in [-0.2, 0) is 14.3 Å². The zero-order valence-electron chi connectivity index (χ0n) is 17.1. The van der Waals surface area contributed by atoms with Gasteiger partial charge in [0.2, 0.25) is 0 Å². The molecule has 1 fully saturated rings. The summed E-state index contributed by atoms with van der Waals surface area (Å²) in [4.78, 5) is 35.9. The third kappa shape index (κ3) is 6.41. The van der Waals surface area contributed by atoms with Gasteiger partial charge in [-0.2, -0.15) is 0 Å². The molecule has 1 saturated heterocycles. The van der Waals surface area contributed by atoms with Crippen molar-refractivity contribution in [1.29, 1.82) is 0 Å². The molecule has 0 radical (unpaired) electrons. The molecule has 0 spiro atoms. The average Bonchev–Trinajstić information content (AvgIpc) is 2.82. The number of methoxy groups -OCH3 is 2. The number of rotatable bonds is 7. The molecular formula is C22H22O7S2. The highest BCUT2D eigenvalue weighted by Crippen LogP contribution is 2.43. The molecule has 2 aromatic carbocycles. The number of hydrogen-bond donors (Lipinski definition) is 0. The largest absolute Gasteiger partial charge is 0.482 e. The van der Waals surface area contributed by atoms with E-state index in [2.05, 4.69) is 9.47 Å². The van der Waals surface area contributed by atoms with Crippen LogP contribution >= 0.6 is 23.5 Å². The number of benzene rings is 2. The number of carbonyl (C=O) groups is 3. The Morgan fingerprint density at radius 1 is 0.871 bits per heavy atom. The second-order valence-electron chi connectivity index (χ2n) is 6.49. The van der Waals surface area contributed by atoms with Gasteiger partial charge in [-0.05, 0) is 53.8 Å². The Labute approximate surface area is 188 Å². The lowest BCUT2D eigenvalue weighted by molar-refractivity contribution is -0.136. The maximum atomic E-state index is 12.2. The lowest BCUT2D eigenvalue weighted by Gasteiger charge is -2.21. The molecule has 0 amide bonds. The highest BCUT2D eigenvalue weighted by Gasteiger charge is 2.18. The molecule has 0 atom stereocenters. The summed E-state index contributed by atoms with van der Waals surface area (Å²) < 4.78 is 20.5. The van der Waals surface area contributed by atoms with Crippen molar-refractivity contribution >= 4 is 41.4 Å². The maximum Gasteiger partial charge on any atom is 0.349 e. The zero-order valence-corrected chi connectivity index (χ0v) is 18.8. The summed E-state index contributed by atoms with van der Waals surface area (Å²) in [5.74, 6) is 0.860. The highest BCUT2D eigenvalue weighted by atomic mass is 32.2. The summed E-state index contributed by atoms with van der Waals surface area (Å²) in [6.45, 7) is -0.331. The first-order chi connectivity index (χ1) is 15.0. The zero-order chi connectivity index (χ0) is 22.2. The summed E-state index contributed by atoms with van der Waals surface area (Å²) in [6, 6.07) is 11.6. The SMILES string of the molecule is COC(=O)c1cc(OC(=O)COc2ccc(C3SCCCS3)cc2)cc(C(=O)OC)c1. The van der Waals surface area contributed by atoms with Gasteiger partial charge in [0, 0.05) is 0 Å². The van der Waals surface area contributed by atoms with E-state index in [4.69, 9.17) is 9.47 Å². The topological polar surface area (TPSA) is 88.1 Å². The van der Waals surface area contributed by atoms with Crippen LogP contribution in [0.25, 0.3) is 0 Å². The number of ether oxygens (including phenoxy) is 4. The molecule has 3 rings (SSSR count). The van der Waals surface area contributed by atoms with Crippen molar-refractivity contribution in [2.45, 2.75) is 11.0 Å². The molecule has 2 aromatic rings. The van der Waals surface area contributed by atoms with Gasteiger partial charge in [0.25, 0.3) is 0 Å². The van der Waals surface area contributed by atoms with Crippen molar-refractivity contribution < 1.29 is 33.3 Å². The molecule has 9 heteroatoms. The van der Waals surface area contributed by atoms with Crippen LogP contribution in [0.4, 0.5) is 0 Å². The molecule has 7 nitrogen and oxygen atoms in total. The van der Waals surface area contributed by atoms with Crippen molar-refractivity contribution in [3.63, 3.8) is 0 Å². The van der Waals surface area contributed by atoms with Crippen LogP contribution in [0.5, 0.6) is 11.5 Å². The first kappa shape index (κ1) is 23.0. The second kappa shape index (κ2) is 11.1. The van der Waals surface area contributed by atoms with E-state index in [1.54, 1.807) is 0 Å². The molecule has 1 aliphatic rings. The highest BCUT2D eigenvalue weighted by molar-refractivity contribution is 8.16. The van der Waals surface area contributed by atoms with E-state index in [0.717, 1.165) is 11.5 Å². The van der Waals surface area contributed by atoms with Gasteiger partial charge in [-0.15, -0.1) is 23.5 Å². The summed E-state index contributed by atoms with van der Waals surface area (Å²) >= 11 is 3.87. The normalized spacial score (nSPS) is 13.9. The average molecular weight is 463 g/mol. The molecule has 0 aromatic heterocycles. The number of carbonyl (C=O) groups excluding carboxylic acids is 3. The molecule has 1 aliphatic heterocycles. The molecule has 164 valence electrons. The fourth-order valence-electron chi connectivity index (χ4n) is 2.83. The predicted molar refractivity (Wildman–Crippen MR) is 119 cm³/mol. The van der Waals surface area contributed by atoms with Gasteiger partial charge in [-0.3, -0.25) is 0 Å². The molecule has 31 heavy (non-hydrogen) atoms. The van der Waals surface area contributed by atoms with Gasteiger partial charge >= 0.3 is 17.9 Å². The lowest BCUT2D eigenvalue weighted by Crippen LogP contribution is -2.18. The molecule has 0 bridgehead atoms. The van der Waals surface area contributed by atoms with Gasteiger partial charge in [0.15, 0.2) is 6.61 Å². The molecule has 0 saturated carbocycles. The van der Waals surface area contributed by atoms with Crippen LogP contribution < -0.4 is 9.47 Å². The van der Waals surface area contributed by atoms with E-state index < -0.39 is 17.9 Å². The van der Waals surface area contributed by atoms with E-state index in [1.165, 1.54) is 44.4 Å². The fraction of sp³-hybridized carbons (Fsp3) is 0.318. The third-order valence-corrected chi connectivity index (χ3v) is 7.33. The standard InChI is InChI=1S/C22H22O7S2/c1-26-20(24)15-10-16(21(25)27-2)12-18(11-15)29-19(23)13-28-17-6-4-14(5-7-17)22-30-8-3-9-31-22/h4-7,10-12,22H,3,8-9,13H2,1-2H3. The number of hydrogen-bond acceptors (Lipinski definition) is 9. The van der Waals surface area contributed by atoms with Crippen molar-refractivity contribution in [2.24, 2.45) is 0 Å². The Morgan fingerprint density at radius 3 is 2.00 bits per heavy atom. The summed E-state index contributed by atoms with van der Waals surface area (Å²) in [6.07, 6.45) is 1.23. The van der Waals surface area contributed by atoms with Crippen molar-refractivity contribution in [1.82, 2.24) is 0 Å². The molecule has 0 N–H and O–H groups in total. The van der Waals surface area contributed by atoms with E-state index in [-0.39, 0.29) is 23.5 Å². The Morgan fingerprint density at radius 2 is 1.45 bits per heavy atom. The lowest BCUT2D eigenvalue weighted by atomic mass is 10.1. The first-order valence-electron chi connectivity index (χ1n) is 9.48. The summed E-state index contributed by atoms with van der Waals surface area (Å²) in [5, 5.41) is 0. The van der Waals surface area contributed by atoms with Gasteiger partial charge in [0.05, 0.1) is 29.9 Å². The van der Waals surface area contributed by atoms with Gasteiger partial charge in [-0.1, -0.05) is 12.1 Å². The fourth-order valence-corrected chi connectivity index (χ4v) is 5.73. The second-order valence-corrected chi connectivity index (χ2v) is 9.21. The van der Waals surface area contributed by atoms with E-state index in [0.29, 0.717) is 10.3 Å². The van der Waals surface area contributed by atoms with Crippen molar-refractivity contribution in [3.8, 4) is 11.5 Å². The van der Waals surface area contributed by atoms with Crippen LogP contribution in [0.1, 0.15) is 37.3 Å². The minimum atomic E-state index is -0.680. The summed E-state index contributed by atoms with van der Waals surface area (Å²) in [7, 11) is 2.42. The third-order valence-electron chi connectivity index (χ3n) is 4.32.